The van der Waals surface area contributed by atoms with Gasteiger partial charge in [0.2, 0.25) is 10.0 Å². The minimum atomic E-state index is -3.89. The van der Waals surface area contributed by atoms with E-state index >= 15 is 0 Å². The van der Waals surface area contributed by atoms with Gasteiger partial charge >= 0.3 is 5.97 Å². The summed E-state index contributed by atoms with van der Waals surface area (Å²) < 4.78 is 26.1. The summed E-state index contributed by atoms with van der Waals surface area (Å²) in [6.07, 6.45) is 2.89. The molecule has 0 spiro atoms. The highest BCUT2D eigenvalue weighted by atomic mass is 35.5. The molecule has 27 heavy (non-hydrogen) atoms. The van der Waals surface area contributed by atoms with Crippen molar-refractivity contribution in [2.75, 3.05) is 13.2 Å². The summed E-state index contributed by atoms with van der Waals surface area (Å²) >= 11 is 6.08. The first kappa shape index (κ1) is 21.5. The molecule has 2 rings (SSSR count). The third-order valence-corrected chi connectivity index (χ3v) is 5.82. The SMILES string of the molecule is CCCCC1(Cc2ccc(S(=O)(=O)NCC(=O)O)cc2)N=C(Cl)C(CO)=N1. The number of aliphatic hydroxyl groups is 1. The van der Waals surface area contributed by atoms with Gasteiger partial charge in [0.25, 0.3) is 0 Å². The first-order chi connectivity index (χ1) is 12.7. The van der Waals surface area contributed by atoms with Gasteiger partial charge in [0.05, 0.1) is 11.5 Å². The van der Waals surface area contributed by atoms with Gasteiger partial charge in [0.15, 0.2) is 5.66 Å². The summed E-state index contributed by atoms with van der Waals surface area (Å²) in [6.45, 7) is 1.08. The Balaban J connectivity index is 2.21. The van der Waals surface area contributed by atoms with Gasteiger partial charge in [-0.05, 0) is 30.5 Å². The number of carboxylic acids is 1. The number of nitrogens with one attached hydrogen (secondary N) is 1. The molecular formula is C17H22ClN3O5S. The van der Waals surface area contributed by atoms with Gasteiger partial charge in [-0.1, -0.05) is 37.1 Å². The van der Waals surface area contributed by atoms with E-state index in [9.17, 15) is 18.3 Å². The number of sulfonamides is 1. The molecule has 0 saturated carbocycles. The minimum Gasteiger partial charge on any atom is -0.480 e. The van der Waals surface area contributed by atoms with Crippen molar-refractivity contribution in [2.24, 2.45) is 9.98 Å². The number of rotatable bonds is 10. The van der Waals surface area contributed by atoms with E-state index in [4.69, 9.17) is 16.7 Å². The summed E-state index contributed by atoms with van der Waals surface area (Å²) in [7, 11) is -3.89. The van der Waals surface area contributed by atoms with Crippen molar-refractivity contribution in [3.63, 3.8) is 0 Å². The predicted octanol–water partition coefficient (Wildman–Crippen LogP) is 1.56. The highest BCUT2D eigenvalue weighted by Gasteiger charge is 2.35. The molecule has 8 nitrogen and oxygen atoms in total. The lowest BCUT2D eigenvalue weighted by atomic mass is 9.95. The second-order valence-electron chi connectivity index (χ2n) is 6.24. The Kier molecular flexibility index (Phi) is 7.10. The zero-order valence-corrected chi connectivity index (χ0v) is 16.4. The molecule has 1 atom stereocenters. The van der Waals surface area contributed by atoms with Crippen LogP contribution in [0.3, 0.4) is 0 Å². The molecule has 10 heteroatoms. The van der Waals surface area contributed by atoms with Crippen molar-refractivity contribution in [3.8, 4) is 0 Å². The van der Waals surface area contributed by atoms with E-state index in [0.717, 1.165) is 18.4 Å². The Morgan fingerprint density at radius 1 is 1.26 bits per heavy atom. The molecule has 0 aliphatic carbocycles. The molecular weight excluding hydrogens is 394 g/mol. The van der Waals surface area contributed by atoms with Crippen LogP contribution in [0, 0.1) is 0 Å². The number of halogens is 1. The zero-order valence-electron chi connectivity index (χ0n) is 14.9. The monoisotopic (exact) mass is 415 g/mol. The van der Waals surface area contributed by atoms with E-state index in [0.29, 0.717) is 18.6 Å². The van der Waals surface area contributed by atoms with Crippen LogP contribution in [0.25, 0.3) is 0 Å². The van der Waals surface area contributed by atoms with Gasteiger partial charge in [-0.25, -0.2) is 13.4 Å². The molecule has 0 saturated heterocycles. The summed E-state index contributed by atoms with van der Waals surface area (Å²) in [4.78, 5) is 19.5. The highest BCUT2D eigenvalue weighted by Crippen LogP contribution is 2.31. The Labute approximate surface area is 163 Å². The molecule has 1 heterocycles. The van der Waals surface area contributed by atoms with Gasteiger partial charge in [0, 0.05) is 6.42 Å². The van der Waals surface area contributed by atoms with Crippen LogP contribution < -0.4 is 4.72 Å². The van der Waals surface area contributed by atoms with E-state index in [-0.39, 0.29) is 16.7 Å². The molecule has 1 aliphatic heterocycles. The van der Waals surface area contributed by atoms with Crippen molar-refractivity contribution in [3.05, 3.63) is 29.8 Å². The van der Waals surface area contributed by atoms with Crippen LogP contribution in [-0.2, 0) is 21.2 Å². The number of unbranched alkanes of at least 4 members (excludes halogenated alkanes) is 1. The summed E-state index contributed by atoms with van der Waals surface area (Å²) in [5.74, 6) is -1.26. The van der Waals surface area contributed by atoms with E-state index < -0.39 is 28.2 Å². The van der Waals surface area contributed by atoms with E-state index in [1.165, 1.54) is 12.1 Å². The standard InChI is InChI=1S/C17H22ClN3O5S/c1-2-3-8-17(20-14(11-22)16(18)21-17)9-12-4-6-13(7-5-12)27(25,26)19-10-15(23)24/h4-7,19,22H,2-3,8-11H2,1H3,(H,23,24). The predicted molar refractivity (Wildman–Crippen MR) is 103 cm³/mol. The summed E-state index contributed by atoms with van der Waals surface area (Å²) in [6, 6.07) is 6.09. The van der Waals surface area contributed by atoms with Crippen molar-refractivity contribution < 1.29 is 23.4 Å². The second kappa shape index (κ2) is 8.92. The van der Waals surface area contributed by atoms with Crippen LogP contribution >= 0.6 is 11.6 Å². The molecule has 148 valence electrons. The lowest BCUT2D eigenvalue weighted by Crippen LogP contribution is -2.29. The Bertz CT molecular complexity index is 852. The zero-order chi connectivity index (χ0) is 20.1. The lowest BCUT2D eigenvalue weighted by molar-refractivity contribution is -0.135. The number of aliphatic hydroxyl groups excluding tert-OH is 1. The average molecular weight is 416 g/mol. The van der Waals surface area contributed by atoms with Crippen molar-refractivity contribution in [1.82, 2.24) is 4.72 Å². The quantitative estimate of drug-likeness (QED) is 0.534. The Hall–Kier alpha value is -1.81. The third kappa shape index (κ3) is 5.58. The molecule has 0 amide bonds. The minimum absolute atomic E-state index is 0.0254. The van der Waals surface area contributed by atoms with Crippen molar-refractivity contribution in [1.29, 1.82) is 0 Å². The number of carboxylic acid groups (broad SMARTS) is 1. The fourth-order valence-corrected chi connectivity index (χ4v) is 4.00. The molecule has 1 aromatic carbocycles. The second-order valence-corrected chi connectivity index (χ2v) is 8.37. The summed E-state index contributed by atoms with van der Waals surface area (Å²) in [5.41, 5.74) is 0.358. The molecule has 0 fully saturated rings. The number of nitrogens with zero attached hydrogens (tertiary/aromatic N) is 2. The number of benzene rings is 1. The maximum atomic E-state index is 12.1. The average Bonchev–Trinajstić information content (AvgIpc) is 2.94. The molecule has 3 N–H and O–H groups in total. The first-order valence-corrected chi connectivity index (χ1v) is 10.3. The van der Waals surface area contributed by atoms with Crippen molar-refractivity contribution >= 4 is 38.5 Å². The van der Waals surface area contributed by atoms with Gasteiger partial charge in [-0.15, -0.1) is 0 Å². The maximum absolute atomic E-state index is 12.1. The van der Waals surface area contributed by atoms with Gasteiger partial charge < -0.3 is 10.2 Å². The first-order valence-electron chi connectivity index (χ1n) is 8.47. The number of carbonyl (C=O) groups is 1. The summed E-state index contributed by atoms with van der Waals surface area (Å²) in [5, 5.41) is 18.2. The molecule has 0 bridgehead atoms. The maximum Gasteiger partial charge on any atom is 0.318 e. The normalized spacial score (nSPS) is 19.7. The third-order valence-electron chi connectivity index (χ3n) is 4.10. The van der Waals surface area contributed by atoms with Crippen LogP contribution in [0.5, 0.6) is 0 Å². The Morgan fingerprint density at radius 3 is 2.44 bits per heavy atom. The van der Waals surface area contributed by atoms with Crippen LogP contribution in [0.2, 0.25) is 0 Å². The molecule has 1 aromatic rings. The van der Waals surface area contributed by atoms with Crippen LogP contribution in [-0.4, -0.2) is 54.3 Å². The highest BCUT2D eigenvalue weighted by molar-refractivity contribution is 7.89. The van der Waals surface area contributed by atoms with Crippen LogP contribution in [0.1, 0.15) is 31.7 Å². The van der Waals surface area contributed by atoms with E-state index in [1.807, 2.05) is 4.72 Å². The fraction of sp³-hybridized carbons (Fsp3) is 0.471. The topological polar surface area (TPSA) is 128 Å². The molecule has 0 aromatic heterocycles. The molecule has 0 radical (unpaired) electrons. The van der Waals surface area contributed by atoms with Crippen molar-refractivity contribution in [2.45, 2.75) is 43.2 Å². The molecule has 1 unspecified atom stereocenters. The lowest BCUT2D eigenvalue weighted by Gasteiger charge is -2.23. The van der Waals surface area contributed by atoms with E-state index in [2.05, 4.69) is 16.9 Å². The van der Waals surface area contributed by atoms with Gasteiger partial charge in [-0.3, -0.25) is 9.79 Å². The number of hydrogen-bond acceptors (Lipinski definition) is 6. The smallest absolute Gasteiger partial charge is 0.318 e. The fourth-order valence-electron chi connectivity index (χ4n) is 2.76. The van der Waals surface area contributed by atoms with E-state index in [1.54, 1.807) is 12.1 Å². The number of hydrogen-bond donors (Lipinski definition) is 3. The molecule has 1 aliphatic rings. The van der Waals surface area contributed by atoms with Crippen LogP contribution in [0.15, 0.2) is 39.1 Å². The van der Waals surface area contributed by atoms with Gasteiger partial charge in [0.1, 0.15) is 17.4 Å². The Morgan fingerprint density at radius 2 is 1.93 bits per heavy atom. The number of aliphatic imine (C=N–C) groups is 2. The van der Waals surface area contributed by atoms with Crippen LogP contribution in [0.4, 0.5) is 0 Å². The van der Waals surface area contributed by atoms with Gasteiger partial charge in [-0.2, -0.15) is 4.72 Å². The number of aliphatic carboxylic acids is 1. The largest absolute Gasteiger partial charge is 0.480 e.